The van der Waals surface area contributed by atoms with Gasteiger partial charge in [-0.25, -0.2) is 0 Å². The van der Waals surface area contributed by atoms with E-state index in [1.54, 1.807) is 0 Å². The summed E-state index contributed by atoms with van der Waals surface area (Å²) in [5, 5.41) is 0. The third-order valence-corrected chi connectivity index (χ3v) is 3.93. The number of nitrogens with two attached hydrogens (primary N) is 1. The van der Waals surface area contributed by atoms with E-state index >= 15 is 0 Å². The van der Waals surface area contributed by atoms with Gasteiger partial charge in [0.25, 0.3) is 0 Å². The maximum Gasteiger partial charge on any atom is 0.0532 e. The minimum atomic E-state index is -0.920. The van der Waals surface area contributed by atoms with Crippen molar-refractivity contribution in [3.8, 4) is 0 Å². The lowest BCUT2D eigenvalue weighted by atomic mass is 10.2. The molecule has 0 saturated carbocycles. The highest BCUT2D eigenvalue weighted by Gasteiger charge is 2.03. The van der Waals surface area contributed by atoms with E-state index in [1.807, 2.05) is 54.6 Å². The minimum absolute atomic E-state index is 0.647. The van der Waals surface area contributed by atoms with Gasteiger partial charge in [-0.2, -0.15) is 0 Å². The second-order valence-corrected chi connectivity index (χ2v) is 5.42. The number of hydrogen-bond acceptors (Lipinski definition) is 2. The molecule has 0 amide bonds. The van der Waals surface area contributed by atoms with Gasteiger partial charge in [0.1, 0.15) is 0 Å². The normalized spacial score (nSPS) is 12.2. The topological polar surface area (TPSA) is 43.1 Å². The number of hydrogen-bond donors (Lipinski definition) is 1. The van der Waals surface area contributed by atoms with Crippen LogP contribution in [0.2, 0.25) is 0 Å². The van der Waals surface area contributed by atoms with Crippen molar-refractivity contribution in [3.63, 3.8) is 0 Å². The standard InChI is InChI=1S/C14H15NOS/c15-13-8-6-12(7-9-13)10-11-17(16)14-4-2-1-3-5-14/h1-9H,10-11,15H2. The van der Waals surface area contributed by atoms with E-state index < -0.39 is 10.8 Å². The molecule has 0 saturated heterocycles. The van der Waals surface area contributed by atoms with Gasteiger partial charge in [-0.05, 0) is 36.2 Å². The van der Waals surface area contributed by atoms with Gasteiger partial charge in [-0.1, -0.05) is 30.3 Å². The fourth-order valence-electron chi connectivity index (χ4n) is 1.58. The maximum atomic E-state index is 12.0. The van der Waals surface area contributed by atoms with Crippen LogP contribution in [0.1, 0.15) is 5.56 Å². The molecule has 2 nitrogen and oxygen atoms in total. The van der Waals surface area contributed by atoms with Crippen LogP contribution >= 0.6 is 0 Å². The number of nitrogen functional groups attached to an aromatic ring is 1. The molecule has 0 spiro atoms. The molecule has 0 aliphatic rings. The zero-order chi connectivity index (χ0) is 12.1. The van der Waals surface area contributed by atoms with Crippen molar-refractivity contribution in [1.29, 1.82) is 0 Å². The summed E-state index contributed by atoms with van der Waals surface area (Å²) in [5.74, 6) is 0.647. The third-order valence-electron chi connectivity index (χ3n) is 2.56. The fraction of sp³-hybridized carbons (Fsp3) is 0.143. The largest absolute Gasteiger partial charge is 0.399 e. The molecule has 2 aromatic carbocycles. The van der Waals surface area contributed by atoms with E-state index in [9.17, 15) is 4.21 Å². The summed E-state index contributed by atoms with van der Waals surface area (Å²) in [5.41, 5.74) is 7.55. The molecular weight excluding hydrogens is 230 g/mol. The lowest BCUT2D eigenvalue weighted by molar-refractivity contribution is 0.682. The summed E-state index contributed by atoms with van der Waals surface area (Å²) in [6.07, 6.45) is 0.807. The van der Waals surface area contributed by atoms with Crippen LogP contribution < -0.4 is 5.73 Å². The maximum absolute atomic E-state index is 12.0. The molecular formula is C14H15NOS. The first-order valence-electron chi connectivity index (χ1n) is 5.53. The van der Waals surface area contributed by atoms with E-state index in [4.69, 9.17) is 5.73 Å². The monoisotopic (exact) mass is 245 g/mol. The van der Waals surface area contributed by atoms with Crippen LogP contribution in [0.5, 0.6) is 0 Å². The van der Waals surface area contributed by atoms with Crippen molar-refractivity contribution in [1.82, 2.24) is 0 Å². The summed E-state index contributed by atoms with van der Waals surface area (Å²) in [4.78, 5) is 0.892. The highest BCUT2D eigenvalue weighted by molar-refractivity contribution is 7.85. The Kier molecular flexibility index (Phi) is 3.94. The van der Waals surface area contributed by atoms with Crippen LogP contribution in [0.15, 0.2) is 59.5 Å². The highest BCUT2D eigenvalue weighted by atomic mass is 32.2. The summed E-state index contributed by atoms with van der Waals surface area (Å²) >= 11 is 0. The van der Waals surface area contributed by atoms with E-state index in [2.05, 4.69) is 0 Å². The van der Waals surface area contributed by atoms with Crippen molar-refractivity contribution in [2.24, 2.45) is 0 Å². The van der Waals surface area contributed by atoms with Crippen LogP contribution in [-0.4, -0.2) is 9.96 Å². The van der Waals surface area contributed by atoms with Crippen molar-refractivity contribution < 1.29 is 4.21 Å². The first kappa shape index (κ1) is 11.9. The number of anilines is 1. The van der Waals surface area contributed by atoms with Crippen molar-refractivity contribution in [2.75, 3.05) is 11.5 Å². The molecule has 0 fully saturated rings. The molecule has 17 heavy (non-hydrogen) atoms. The van der Waals surface area contributed by atoms with Gasteiger partial charge in [0.2, 0.25) is 0 Å². The van der Waals surface area contributed by atoms with Gasteiger partial charge in [0.15, 0.2) is 0 Å². The van der Waals surface area contributed by atoms with Crippen LogP contribution in [0.3, 0.4) is 0 Å². The second kappa shape index (κ2) is 5.64. The third kappa shape index (κ3) is 3.43. The smallest absolute Gasteiger partial charge is 0.0532 e. The Balaban J connectivity index is 1.95. The minimum Gasteiger partial charge on any atom is -0.399 e. The molecule has 88 valence electrons. The average molecular weight is 245 g/mol. The zero-order valence-corrected chi connectivity index (χ0v) is 10.3. The van der Waals surface area contributed by atoms with Gasteiger partial charge in [-0.3, -0.25) is 4.21 Å². The molecule has 2 N–H and O–H groups in total. The number of aryl methyl sites for hydroxylation is 1. The van der Waals surface area contributed by atoms with Crippen LogP contribution in [0.4, 0.5) is 5.69 Å². The highest BCUT2D eigenvalue weighted by Crippen LogP contribution is 2.10. The first-order valence-corrected chi connectivity index (χ1v) is 6.85. The van der Waals surface area contributed by atoms with Crippen molar-refractivity contribution in [3.05, 3.63) is 60.2 Å². The van der Waals surface area contributed by atoms with E-state index in [1.165, 1.54) is 5.56 Å². The van der Waals surface area contributed by atoms with E-state index in [-0.39, 0.29) is 0 Å². The second-order valence-electron chi connectivity index (χ2n) is 3.85. The van der Waals surface area contributed by atoms with Gasteiger partial charge >= 0.3 is 0 Å². The molecule has 0 radical (unpaired) electrons. The average Bonchev–Trinajstić information content (AvgIpc) is 2.39. The first-order chi connectivity index (χ1) is 8.25. The molecule has 0 aromatic heterocycles. The molecule has 0 bridgehead atoms. The quantitative estimate of drug-likeness (QED) is 0.841. The zero-order valence-electron chi connectivity index (χ0n) is 9.50. The summed E-state index contributed by atoms with van der Waals surface area (Å²) in [6, 6.07) is 17.3. The Hall–Kier alpha value is -1.61. The van der Waals surface area contributed by atoms with Gasteiger partial charge in [0.05, 0.1) is 10.8 Å². The molecule has 0 aliphatic heterocycles. The van der Waals surface area contributed by atoms with Crippen molar-refractivity contribution >= 4 is 16.5 Å². The van der Waals surface area contributed by atoms with E-state index in [0.717, 1.165) is 17.0 Å². The SMILES string of the molecule is Nc1ccc(CCS(=O)c2ccccc2)cc1. The molecule has 2 rings (SSSR count). The summed E-state index contributed by atoms with van der Waals surface area (Å²) < 4.78 is 12.0. The Morgan fingerprint density at radius 1 is 0.941 bits per heavy atom. The van der Waals surface area contributed by atoms with Crippen molar-refractivity contribution in [2.45, 2.75) is 11.3 Å². The van der Waals surface area contributed by atoms with Gasteiger partial charge < -0.3 is 5.73 Å². The Labute approximate surface area is 104 Å². The molecule has 0 aliphatic carbocycles. The lowest BCUT2D eigenvalue weighted by Crippen LogP contribution is -2.01. The molecule has 0 heterocycles. The van der Waals surface area contributed by atoms with Crippen LogP contribution in [0.25, 0.3) is 0 Å². The summed E-state index contributed by atoms with van der Waals surface area (Å²) in [6.45, 7) is 0. The van der Waals surface area contributed by atoms with Gasteiger partial charge in [0, 0.05) is 16.3 Å². The predicted molar refractivity (Wildman–Crippen MR) is 72.3 cm³/mol. The molecule has 1 atom stereocenters. The lowest BCUT2D eigenvalue weighted by Gasteiger charge is -2.03. The van der Waals surface area contributed by atoms with Crippen LogP contribution in [0, 0.1) is 0 Å². The van der Waals surface area contributed by atoms with Crippen LogP contribution in [-0.2, 0) is 17.2 Å². The molecule has 3 heteroatoms. The predicted octanol–water partition coefficient (Wildman–Crippen LogP) is 2.62. The van der Waals surface area contributed by atoms with E-state index in [0.29, 0.717) is 5.75 Å². The Bertz CT molecular complexity index is 493. The Morgan fingerprint density at radius 2 is 1.59 bits per heavy atom. The number of benzene rings is 2. The molecule has 2 aromatic rings. The van der Waals surface area contributed by atoms with Gasteiger partial charge in [-0.15, -0.1) is 0 Å². The number of rotatable bonds is 4. The summed E-state index contributed by atoms with van der Waals surface area (Å²) in [7, 11) is -0.920. The Morgan fingerprint density at radius 3 is 2.24 bits per heavy atom. The molecule has 1 unspecified atom stereocenters. The fourth-order valence-corrected chi connectivity index (χ4v) is 2.70.